The summed E-state index contributed by atoms with van der Waals surface area (Å²) < 4.78 is 39.4. The van der Waals surface area contributed by atoms with Crippen molar-refractivity contribution in [3.63, 3.8) is 0 Å². The van der Waals surface area contributed by atoms with Crippen molar-refractivity contribution >= 4 is 22.6 Å². The number of ether oxygens (including phenoxy) is 1. The topological polar surface area (TPSA) is 91.2 Å². The average molecular weight is 517 g/mol. The first kappa shape index (κ1) is 23.3. The van der Waals surface area contributed by atoms with Crippen LogP contribution in [0.25, 0.3) is 22.5 Å². The van der Waals surface area contributed by atoms with Crippen molar-refractivity contribution in [1.82, 2.24) is 29.2 Å². The molecule has 0 N–H and O–H groups in total. The van der Waals surface area contributed by atoms with E-state index >= 15 is 0 Å². The van der Waals surface area contributed by atoms with E-state index in [1.165, 1.54) is 6.20 Å². The highest BCUT2D eigenvalue weighted by atomic mass is 35.5. The van der Waals surface area contributed by atoms with Gasteiger partial charge in [-0.15, -0.1) is 10.2 Å². The van der Waals surface area contributed by atoms with Gasteiger partial charge in [0.1, 0.15) is 0 Å². The molecule has 36 heavy (non-hydrogen) atoms. The first-order chi connectivity index (χ1) is 17.5. The van der Waals surface area contributed by atoms with Crippen LogP contribution in [0.3, 0.4) is 0 Å². The van der Waals surface area contributed by atoms with E-state index in [2.05, 4.69) is 20.1 Å². The van der Waals surface area contributed by atoms with E-state index in [1.807, 2.05) is 16.7 Å². The maximum absolute atomic E-state index is 13.7. The van der Waals surface area contributed by atoms with Gasteiger partial charge in [-0.05, 0) is 43.2 Å². The van der Waals surface area contributed by atoms with Gasteiger partial charge in [0.05, 0.1) is 48.1 Å². The smallest absolute Gasteiger partial charge is 0.329 e. The molecule has 9 nitrogen and oxygen atoms in total. The van der Waals surface area contributed by atoms with Gasteiger partial charge in [0, 0.05) is 30.4 Å². The third-order valence-corrected chi connectivity index (χ3v) is 7.18. The van der Waals surface area contributed by atoms with E-state index < -0.39 is 12.3 Å². The summed E-state index contributed by atoms with van der Waals surface area (Å²) in [6.45, 7) is 3.65. The molecule has 2 saturated heterocycles. The summed E-state index contributed by atoms with van der Waals surface area (Å²) in [6, 6.07) is 9.41. The van der Waals surface area contributed by atoms with Crippen LogP contribution in [0, 0.1) is 0 Å². The Bertz CT molecular complexity index is 1440. The zero-order chi connectivity index (χ0) is 24.8. The fourth-order valence-corrected chi connectivity index (χ4v) is 5.12. The van der Waals surface area contributed by atoms with Gasteiger partial charge >= 0.3 is 12.1 Å². The van der Waals surface area contributed by atoms with Crippen LogP contribution in [-0.2, 0) is 11.3 Å². The zero-order valence-corrected chi connectivity index (χ0v) is 19.9. The predicted molar refractivity (Wildman–Crippen MR) is 127 cm³/mol. The molecule has 2 aliphatic rings. The number of hydrogen-bond donors (Lipinski definition) is 0. The fraction of sp³-hybridized carbons (Fsp3) is 0.417. The molecule has 0 amide bonds. The number of likely N-dealkylation sites (tertiary alicyclic amines) is 1. The molecular weight excluding hydrogens is 494 g/mol. The van der Waals surface area contributed by atoms with Crippen LogP contribution in [0.2, 0.25) is 5.02 Å². The summed E-state index contributed by atoms with van der Waals surface area (Å²) >= 11 is 6.31. The molecule has 0 saturated carbocycles. The van der Waals surface area contributed by atoms with Gasteiger partial charge in [-0.1, -0.05) is 11.6 Å². The molecular formula is C24H23ClF2N6O3. The number of benzene rings is 1. The van der Waals surface area contributed by atoms with Crippen molar-refractivity contribution in [2.24, 2.45) is 0 Å². The maximum Gasteiger partial charge on any atom is 0.329 e. The number of nitrogens with zero attached hydrogens (tertiary/aromatic N) is 6. The highest BCUT2D eigenvalue weighted by Crippen LogP contribution is 2.29. The average Bonchev–Trinajstić information content (AvgIpc) is 3.43. The Balaban J connectivity index is 1.28. The molecule has 4 aromatic rings. The van der Waals surface area contributed by atoms with E-state index in [0.717, 1.165) is 50.2 Å². The van der Waals surface area contributed by atoms with Crippen LogP contribution in [0.4, 0.5) is 8.78 Å². The summed E-state index contributed by atoms with van der Waals surface area (Å²) in [5.41, 5.74) is 2.53. The third-order valence-electron chi connectivity index (χ3n) is 6.94. The van der Waals surface area contributed by atoms with Crippen LogP contribution in [-0.4, -0.2) is 61.6 Å². The summed E-state index contributed by atoms with van der Waals surface area (Å²) in [7, 11) is 0. The van der Waals surface area contributed by atoms with Crippen molar-refractivity contribution in [3.8, 4) is 11.5 Å². The number of pyridine rings is 1. The van der Waals surface area contributed by atoms with Crippen LogP contribution in [0.1, 0.15) is 36.9 Å². The Hall–Kier alpha value is -3.15. The fourth-order valence-electron chi connectivity index (χ4n) is 4.95. The molecule has 2 fully saturated rings. The summed E-state index contributed by atoms with van der Waals surface area (Å²) in [4.78, 5) is 20.5. The maximum atomic E-state index is 13.7. The number of aromatic nitrogens is 5. The van der Waals surface area contributed by atoms with Gasteiger partial charge in [0.25, 0.3) is 5.89 Å². The molecule has 0 spiro atoms. The molecule has 6 rings (SSSR count). The Morgan fingerprint density at radius 2 is 1.86 bits per heavy atom. The normalized spacial score (nSPS) is 17.8. The molecule has 0 atom stereocenters. The van der Waals surface area contributed by atoms with Crippen LogP contribution >= 0.6 is 11.6 Å². The van der Waals surface area contributed by atoms with E-state index in [9.17, 15) is 13.6 Å². The highest BCUT2D eigenvalue weighted by Gasteiger charge is 2.31. The lowest BCUT2D eigenvalue weighted by Gasteiger charge is -2.41. The number of rotatable bonds is 6. The van der Waals surface area contributed by atoms with Gasteiger partial charge in [0.15, 0.2) is 0 Å². The minimum absolute atomic E-state index is 0.0347. The molecule has 188 valence electrons. The van der Waals surface area contributed by atoms with Gasteiger partial charge in [0.2, 0.25) is 5.89 Å². The number of fused-ring (bicyclic) bond motifs is 1. The van der Waals surface area contributed by atoms with Gasteiger partial charge in [-0.3, -0.25) is 19.0 Å². The number of hydrogen-bond acceptors (Lipinski definition) is 7. The molecule has 1 aromatic carbocycles. The molecule has 0 unspecified atom stereocenters. The standard InChI is InChI=1S/C24H23ClF2N6O3/c25-15-2-4-19-20(9-15)33(17-5-7-31(8-6-17)18-12-35-13-18)24(34)32(19)11-16-3-1-14(10-28-16)22-29-30-23(36-22)21(26)27/h1-4,9-10,17-18,21H,5-8,11-13H2. The third kappa shape index (κ3) is 4.21. The second-order valence-corrected chi connectivity index (χ2v) is 9.55. The number of alkyl halides is 2. The quantitative estimate of drug-likeness (QED) is 0.383. The SMILES string of the molecule is O=c1n(Cc2ccc(-c3nnc(C(F)F)o3)cn2)c2ccc(Cl)cc2n1C1CCN(C2COC2)CC1. The van der Waals surface area contributed by atoms with Crippen molar-refractivity contribution in [3.05, 3.63) is 63.6 Å². The predicted octanol–water partition coefficient (Wildman–Crippen LogP) is 3.92. The largest absolute Gasteiger partial charge is 0.415 e. The van der Waals surface area contributed by atoms with E-state index in [1.54, 1.807) is 22.8 Å². The molecule has 5 heterocycles. The van der Waals surface area contributed by atoms with Gasteiger partial charge in [-0.25, -0.2) is 4.79 Å². The molecule has 3 aromatic heterocycles. The van der Waals surface area contributed by atoms with Crippen molar-refractivity contribution in [2.45, 2.75) is 37.9 Å². The van der Waals surface area contributed by atoms with Crippen molar-refractivity contribution in [2.75, 3.05) is 26.3 Å². The lowest BCUT2D eigenvalue weighted by atomic mass is 10.0. The van der Waals surface area contributed by atoms with Crippen LogP contribution in [0.15, 0.2) is 45.7 Å². The molecule has 12 heteroatoms. The number of halogens is 3. The zero-order valence-electron chi connectivity index (χ0n) is 19.2. The van der Waals surface area contributed by atoms with Gasteiger partial charge < -0.3 is 9.15 Å². The number of imidazole rings is 1. The second kappa shape index (κ2) is 9.38. The van der Waals surface area contributed by atoms with Crippen molar-refractivity contribution in [1.29, 1.82) is 0 Å². The number of piperidine rings is 1. The Labute approximate surface area is 209 Å². The first-order valence-corrected chi connectivity index (χ1v) is 12.1. The lowest BCUT2D eigenvalue weighted by Crippen LogP contribution is -2.52. The van der Waals surface area contributed by atoms with Crippen LogP contribution < -0.4 is 5.69 Å². The monoisotopic (exact) mass is 516 g/mol. The lowest BCUT2D eigenvalue weighted by molar-refractivity contribution is -0.0731. The molecule has 0 radical (unpaired) electrons. The van der Waals surface area contributed by atoms with E-state index in [-0.39, 0.29) is 24.2 Å². The first-order valence-electron chi connectivity index (χ1n) is 11.8. The Morgan fingerprint density at radius 1 is 1.06 bits per heavy atom. The minimum atomic E-state index is -2.84. The molecule has 0 bridgehead atoms. The van der Waals surface area contributed by atoms with Gasteiger partial charge in [-0.2, -0.15) is 8.78 Å². The van der Waals surface area contributed by atoms with Crippen molar-refractivity contribution < 1.29 is 17.9 Å². The van der Waals surface area contributed by atoms with E-state index in [4.69, 9.17) is 20.8 Å². The summed E-state index contributed by atoms with van der Waals surface area (Å²) in [5.74, 6) is -0.772. The summed E-state index contributed by atoms with van der Waals surface area (Å²) in [6.07, 6.45) is 0.383. The second-order valence-electron chi connectivity index (χ2n) is 9.11. The van der Waals surface area contributed by atoms with Crippen LogP contribution in [0.5, 0.6) is 0 Å². The van der Waals surface area contributed by atoms with E-state index in [0.29, 0.717) is 22.3 Å². The molecule has 2 aliphatic heterocycles. The minimum Gasteiger partial charge on any atom is -0.415 e. The highest BCUT2D eigenvalue weighted by molar-refractivity contribution is 6.31. The Morgan fingerprint density at radius 3 is 2.50 bits per heavy atom. The summed E-state index contributed by atoms with van der Waals surface area (Å²) in [5, 5.41) is 7.56. The molecule has 0 aliphatic carbocycles. The Kier molecular flexibility index (Phi) is 6.06.